The first-order chi connectivity index (χ1) is 30.7. The number of nitrogens with one attached hydrogen (secondary N) is 1. The third-order valence-corrected chi connectivity index (χ3v) is 10.8. The van der Waals surface area contributed by atoms with Gasteiger partial charge < -0.3 is 35.8 Å². The number of rotatable bonds is 45. The molecule has 0 radical (unpaired) electrons. The SMILES string of the molecule is CCCCCCCC/C=C\CCCCCCCC(=O)OCCCOC(=O)CCC(=O)OCCNC(=O)C(N)CCCCN.CCCCCCCC/C=C\CCCCCCCC(C)=O. The van der Waals surface area contributed by atoms with Gasteiger partial charge in [0.15, 0.2) is 0 Å². The zero-order chi connectivity index (χ0) is 46.7. The first-order valence-corrected chi connectivity index (χ1v) is 25.7. The summed E-state index contributed by atoms with van der Waals surface area (Å²) in [5, 5.41) is 2.61. The summed E-state index contributed by atoms with van der Waals surface area (Å²) in [5.74, 6) is -1.26. The smallest absolute Gasteiger partial charge is 0.306 e. The van der Waals surface area contributed by atoms with E-state index in [1.165, 1.54) is 135 Å². The van der Waals surface area contributed by atoms with E-state index in [1.807, 2.05) is 0 Å². The number of hydrogen-bond acceptors (Lipinski definition) is 10. The Bertz CT molecular complexity index is 1130. The first kappa shape index (κ1) is 62.0. The van der Waals surface area contributed by atoms with Gasteiger partial charge in [0.25, 0.3) is 0 Å². The van der Waals surface area contributed by atoms with Crippen LogP contribution in [-0.4, -0.2) is 68.6 Å². The van der Waals surface area contributed by atoms with Crippen LogP contribution in [0.5, 0.6) is 0 Å². The molecule has 5 N–H and O–H groups in total. The van der Waals surface area contributed by atoms with Gasteiger partial charge in [-0.3, -0.25) is 19.2 Å². The van der Waals surface area contributed by atoms with E-state index in [0.29, 0.717) is 31.6 Å². The Morgan fingerprint density at radius 3 is 1.27 bits per heavy atom. The average molecular weight is 892 g/mol. The number of ketones is 1. The third-order valence-electron chi connectivity index (χ3n) is 10.8. The van der Waals surface area contributed by atoms with Gasteiger partial charge in [0.05, 0.1) is 38.6 Å². The Balaban J connectivity index is 0. The second-order valence-electron chi connectivity index (χ2n) is 17.1. The molecule has 11 heteroatoms. The number of unbranched alkanes of at least 4 members (excludes halogenated alkanes) is 23. The highest BCUT2D eigenvalue weighted by atomic mass is 16.5. The summed E-state index contributed by atoms with van der Waals surface area (Å²) < 4.78 is 15.3. The summed E-state index contributed by atoms with van der Waals surface area (Å²) in [6, 6.07) is -0.613. The molecule has 0 saturated carbocycles. The zero-order valence-electron chi connectivity index (χ0n) is 40.9. The molecule has 0 rings (SSSR count). The molecule has 0 aliphatic carbocycles. The molecule has 0 bridgehead atoms. The van der Waals surface area contributed by atoms with Gasteiger partial charge >= 0.3 is 17.9 Å². The minimum absolute atomic E-state index is 0.00247. The molecule has 11 nitrogen and oxygen atoms in total. The van der Waals surface area contributed by atoms with Gasteiger partial charge in [0, 0.05) is 19.3 Å². The summed E-state index contributed by atoms with van der Waals surface area (Å²) in [5.41, 5.74) is 11.2. The zero-order valence-corrected chi connectivity index (χ0v) is 40.9. The summed E-state index contributed by atoms with van der Waals surface area (Å²) >= 11 is 0. The van der Waals surface area contributed by atoms with Crippen LogP contribution in [-0.2, 0) is 38.2 Å². The van der Waals surface area contributed by atoms with E-state index >= 15 is 0 Å². The van der Waals surface area contributed by atoms with Crippen molar-refractivity contribution >= 4 is 29.6 Å². The fourth-order valence-electron chi connectivity index (χ4n) is 6.75. The fourth-order valence-corrected chi connectivity index (χ4v) is 6.75. The van der Waals surface area contributed by atoms with Gasteiger partial charge in [-0.15, -0.1) is 0 Å². The average Bonchev–Trinajstić information content (AvgIpc) is 3.27. The fraction of sp³-hybridized carbons (Fsp3) is 0.827. The molecule has 0 aliphatic rings. The van der Waals surface area contributed by atoms with Crippen LogP contribution in [0.1, 0.15) is 239 Å². The molecule has 63 heavy (non-hydrogen) atoms. The van der Waals surface area contributed by atoms with E-state index in [1.54, 1.807) is 6.92 Å². The molecule has 1 amide bonds. The minimum Gasteiger partial charge on any atom is -0.466 e. The van der Waals surface area contributed by atoms with Crippen molar-refractivity contribution in [2.45, 2.75) is 245 Å². The van der Waals surface area contributed by atoms with Gasteiger partial charge in [-0.1, -0.05) is 147 Å². The molecule has 0 saturated heterocycles. The van der Waals surface area contributed by atoms with Crippen molar-refractivity contribution in [2.24, 2.45) is 11.5 Å². The molecule has 0 spiro atoms. The topological polar surface area (TPSA) is 177 Å². The van der Waals surface area contributed by atoms with Crippen LogP contribution in [0.2, 0.25) is 0 Å². The van der Waals surface area contributed by atoms with Crippen molar-refractivity contribution in [3.63, 3.8) is 0 Å². The Labute approximate surface area is 385 Å². The molecular weight excluding hydrogens is 795 g/mol. The van der Waals surface area contributed by atoms with Crippen molar-refractivity contribution in [1.29, 1.82) is 0 Å². The summed E-state index contributed by atoms with van der Waals surface area (Å²) in [7, 11) is 0. The number of Topliss-reactive ketones (excluding diaryl/α,β-unsaturated/α-hetero) is 1. The summed E-state index contributed by atoms with van der Waals surface area (Å²) in [6.07, 6.45) is 45.7. The van der Waals surface area contributed by atoms with Crippen molar-refractivity contribution in [2.75, 3.05) is 32.9 Å². The molecule has 1 atom stereocenters. The maximum Gasteiger partial charge on any atom is 0.306 e. The van der Waals surface area contributed by atoms with Gasteiger partial charge in [-0.2, -0.15) is 0 Å². The molecular formula is C52H97N3O8. The number of amides is 1. The van der Waals surface area contributed by atoms with E-state index in [9.17, 15) is 24.0 Å². The van der Waals surface area contributed by atoms with Crippen LogP contribution >= 0.6 is 0 Å². The maximum absolute atomic E-state index is 11.9. The lowest BCUT2D eigenvalue weighted by Gasteiger charge is -2.12. The predicted molar refractivity (Wildman–Crippen MR) is 260 cm³/mol. The van der Waals surface area contributed by atoms with Crippen LogP contribution < -0.4 is 16.8 Å². The van der Waals surface area contributed by atoms with Gasteiger partial charge in [-0.05, 0) is 90.5 Å². The highest BCUT2D eigenvalue weighted by molar-refractivity contribution is 5.81. The van der Waals surface area contributed by atoms with Gasteiger partial charge in [-0.25, -0.2) is 0 Å². The Morgan fingerprint density at radius 2 is 0.841 bits per heavy atom. The van der Waals surface area contributed by atoms with Crippen LogP contribution in [0.15, 0.2) is 24.3 Å². The number of esters is 3. The number of ether oxygens (including phenoxy) is 3. The van der Waals surface area contributed by atoms with Crippen LogP contribution in [0.25, 0.3) is 0 Å². The largest absolute Gasteiger partial charge is 0.466 e. The van der Waals surface area contributed by atoms with E-state index in [-0.39, 0.29) is 51.1 Å². The molecule has 0 aromatic heterocycles. The molecule has 0 aromatic carbocycles. The first-order valence-electron chi connectivity index (χ1n) is 25.7. The lowest BCUT2D eigenvalue weighted by molar-refractivity contribution is -0.151. The molecule has 0 aromatic rings. The Morgan fingerprint density at radius 1 is 0.460 bits per heavy atom. The number of hydrogen-bond donors (Lipinski definition) is 3. The molecule has 0 aliphatic heterocycles. The summed E-state index contributed by atoms with van der Waals surface area (Å²) in [4.78, 5) is 58.0. The third kappa shape index (κ3) is 53.2. The minimum atomic E-state index is -0.613. The second-order valence-corrected chi connectivity index (χ2v) is 17.1. The van der Waals surface area contributed by atoms with Crippen molar-refractivity contribution in [3.8, 4) is 0 Å². The summed E-state index contributed by atoms with van der Waals surface area (Å²) in [6.45, 7) is 7.23. The predicted octanol–water partition coefficient (Wildman–Crippen LogP) is 12.0. The van der Waals surface area contributed by atoms with Gasteiger partial charge in [0.1, 0.15) is 12.4 Å². The van der Waals surface area contributed by atoms with Crippen molar-refractivity contribution in [1.82, 2.24) is 5.32 Å². The van der Waals surface area contributed by atoms with Crippen LogP contribution in [0, 0.1) is 0 Å². The quantitative estimate of drug-likeness (QED) is 0.0231. The molecule has 0 heterocycles. The lowest BCUT2D eigenvalue weighted by Crippen LogP contribution is -2.41. The molecule has 0 fully saturated rings. The van der Waals surface area contributed by atoms with Crippen LogP contribution in [0.3, 0.4) is 0 Å². The standard InChI is InChI=1S/C33H61N3O7.C19H36O/c1-2-3-4-5-6-7-8-9-10-11-12-13-14-15-16-21-30(37)41-26-19-27-42-31(38)22-23-32(39)43-28-25-36-33(40)29(35)20-17-18-24-34;1-3-4-5-6-7-8-9-10-11-12-13-14-15-16-17-18-19(2)20/h9-10,29H,2-8,11-28,34-35H2,1H3,(H,36,40);10-11H,3-9,12-18H2,1-2H3/b10-9-;11-10-. The number of carbonyl (C=O) groups excluding carboxylic acids is 5. The van der Waals surface area contributed by atoms with E-state index in [4.69, 9.17) is 25.7 Å². The number of allylic oxidation sites excluding steroid dienone is 4. The number of carbonyl (C=O) groups is 5. The molecule has 368 valence electrons. The van der Waals surface area contributed by atoms with E-state index < -0.39 is 18.0 Å². The molecule has 1 unspecified atom stereocenters. The highest BCUT2D eigenvalue weighted by Crippen LogP contribution is 2.12. The van der Waals surface area contributed by atoms with E-state index in [0.717, 1.165) is 51.4 Å². The Hall–Kier alpha value is -3.05. The highest BCUT2D eigenvalue weighted by Gasteiger charge is 2.13. The normalized spacial score (nSPS) is 11.6. The monoisotopic (exact) mass is 892 g/mol. The van der Waals surface area contributed by atoms with Gasteiger partial charge in [0.2, 0.25) is 5.91 Å². The number of nitrogens with two attached hydrogens (primary N) is 2. The van der Waals surface area contributed by atoms with Crippen molar-refractivity contribution in [3.05, 3.63) is 24.3 Å². The van der Waals surface area contributed by atoms with E-state index in [2.05, 4.69) is 43.5 Å². The lowest BCUT2D eigenvalue weighted by atomic mass is 10.1. The maximum atomic E-state index is 11.9. The van der Waals surface area contributed by atoms with Crippen LogP contribution in [0.4, 0.5) is 0 Å². The second kappa shape index (κ2) is 51.6. The Kier molecular flexibility index (Phi) is 50.8. The van der Waals surface area contributed by atoms with Crippen molar-refractivity contribution < 1.29 is 38.2 Å².